The zero-order valence-corrected chi connectivity index (χ0v) is 27.2. The van der Waals surface area contributed by atoms with Crippen molar-refractivity contribution in [3.63, 3.8) is 0 Å². The second-order valence-corrected chi connectivity index (χ2v) is 10.0. The fraction of sp³-hybridized carbons (Fsp3) is 0.933. The molecule has 0 rings (SSSR count). The standard InChI is InChI=1S/2C15H30O2.Sr/c2*1-2-3-4-5-6-7-8-9-10-11-12-13-14-15(16)17;/h2*2-14H2,1H3,(H,16,17);/q;;+2/p-2. The third-order valence-corrected chi connectivity index (χ3v) is 6.47. The van der Waals surface area contributed by atoms with Crippen LogP contribution in [0.5, 0.6) is 0 Å². The second kappa shape index (κ2) is 36.6. The normalized spacial score (nSPS) is 10.3. The first-order chi connectivity index (χ1) is 16.5. The molecule has 0 amide bonds. The Morgan fingerprint density at radius 3 is 0.714 bits per heavy atom. The van der Waals surface area contributed by atoms with Gasteiger partial charge in [-0.25, -0.2) is 0 Å². The van der Waals surface area contributed by atoms with Gasteiger partial charge in [-0.2, -0.15) is 0 Å². The van der Waals surface area contributed by atoms with Crippen LogP contribution >= 0.6 is 0 Å². The zero-order chi connectivity index (χ0) is 25.5. The molecule has 0 fully saturated rings. The Labute approximate surface area is 256 Å². The molecule has 0 heterocycles. The van der Waals surface area contributed by atoms with Crippen LogP contribution in [0.2, 0.25) is 0 Å². The Bertz CT molecular complexity index is 377. The molecule has 0 aromatic rings. The summed E-state index contributed by atoms with van der Waals surface area (Å²) in [7, 11) is 0. The van der Waals surface area contributed by atoms with E-state index in [1.54, 1.807) is 0 Å². The van der Waals surface area contributed by atoms with Crippen molar-refractivity contribution in [1.82, 2.24) is 0 Å². The van der Waals surface area contributed by atoms with Crippen molar-refractivity contribution in [1.29, 1.82) is 0 Å². The summed E-state index contributed by atoms with van der Waals surface area (Å²) in [4.78, 5) is 20.3. The molecule has 0 aliphatic carbocycles. The number of hydrogen-bond acceptors (Lipinski definition) is 4. The summed E-state index contributed by atoms with van der Waals surface area (Å²) in [5.74, 6) is -1.81. The summed E-state index contributed by atoms with van der Waals surface area (Å²) >= 11 is 0. The average Bonchev–Trinajstić information content (AvgIpc) is 2.80. The van der Waals surface area contributed by atoms with Crippen molar-refractivity contribution < 1.29 is 19.8 Å². The van der Waals surface area contributed by atoms with Crippen LogP contribution in [0.1, 0.15) is 181 Å². The summed E-state index contributed by atoms with van der Waals surface area (Å²) in [5.41, 5.74) is 0. The molecule has 0 radical (unpaired) electrons. The quantitative estimate of drug-likeness (QED) is 0.0809. The molecular formula is C30H58O4Sr. The summed E-state index contributed by atoms with van der Waals surface area (Å²) in [6, 6.07) is 0. The number of carboxylic acid groups (broad SMARTS) is 2. The second-order valence-electron chi connectivity index (χ2n) is 10.0. The molecule has 0 saturated heterocycles. The fourth-order valence-electron chi connectivity index (χ4n) is 4.22. The van der Waals surface area contributed by atoms with Crippen molar-refractivity contribution in [2.24, 2.45) is 0 Å². The molecule has 0 aliphatic heterocycles. The van der Waals surface area contributed by atoms with Gasteiger partial charge in [0.2, 0.25) is 0 Å². The van der Waals surface area contributed by atoms with Gasteiger partial charge in [-0.05, 0) is 25.7 Å². The molecule has 0 aromatic carbocycles. The van der Waals surface area contributed by atoms with E-state index in [2.05, 4.69) is 13.8 Å². The molecule has 0 bridgehead atoms. The smallest absolute Gasteiger partial charge is 0.550 e. The Morgan fingerprint density at radius 2 is 0.543 bits per heavy atom. The molecule has 0 unspecified atom stereocenters. The fourth-order valence-corrected chi connectivity index (χ4v) is 4.22. The van der Waals surface area contributed by atoms with Crippen LogP contribution in [0.3, 0.4) is 0 Å². The monoisotopic (exact) mass is 570 g/mol. The third-order valence-electron chi connectivity index (χ3n) is 6.47. The van der Waals surface area contributed by atoms with Gasteiger partial charge in [0.15, 0.2) is 0 Å². The van der Waals surface area contributed by atoms with Gasteiger partial charge in [-0.15, -0.1) is 0 Å². The molecule has 0 N–H and O–H groups in total. The van der Waals surface area contributed by atoms with E-state index in [-0.39, 0.29) is 58.3 Å². The summed E-state index contributed by atoms with van der Waals surface area (Å²) in [6.45, 7) is 4.50. The molecule has 0 aliphatic rings. The van der Waals surface area contributed by atoms with Gasteiger partial charge in [-0.3, -0.25) is 0 Å². The van der Waals surface area contributed by atoms with Crippen molar-refractivity contribution in [2.45, 2.75) is 181 Å². The molecule has 35 heavy (non-hydrogen) atoms. The average molecular weight is 570 g/mol. The number of unbranched alkanes of at least 4 members (excludes halogenated alkanes) is 22. The predicted molar refractivity (Wildman–Crippen MR) is 147 cm³/mol. The topological polar surface area (TPSA) is 80.3 Å². The molecule has 204 valence electrons. The van der Waals surface area contributed by atoms with Gasteiger partial charge in [0.1, 0.15) is 0 Å². The molecule has 0 spiro atoms. The van der Waals surface area contributed by atoms with E-state index in [9.17, 15) is 19.8 Å². The van der Waals surface area contributed by atoms with E-state index >= 15 is 0 Å². The molecule has 0 atom stereocenters. The molecule has 0 saturated carbocycles. The van der Waals surface area contributed by atoms with Gasteiger partial charge in [-0.1, -0.05) is 155 Å². The Balaban J connectivity index is -0.000000569. The minimum Gasteiger partial charge on any atom is -0.550 e. The Morgan fingerprint density at radius 1 is 0.371 bits per heavy atom. The number of aliphatic carboxylic acids is 2. The van der Waals surface area contributed by atoms with Gasteiger partial charge in [0.25, 0.3) is 0 Å². The van der Waals surface area contributed by atoms with Crippen LogP contribution in [0.4, 0.5) is 0 Å². The van der Waals surface area contributed by atoms with E-state index in [0.29, 0.717) is 0 Å². The first-order valence-corrected chi connectivity index (χ1v) is 14.9. The van der Waals surface area contributed by atoms with Crippen LogP contribution in [-0.2, 0) is 9.59 Å². The molecule has 5 heteroatoms. The third kappa shape index (κ3) is 44.8. The number of rotatable bonds is 26. The van der Waals surface area contributed by atoms with Gasteiger partial charge in [0.05, 0.1) is 0 Å². The number of carbonyl (C=O) groups is 2. The SMILES string of the molecule is CCCCCCCCCCCCCCC(=O)[O-].CCCCCCCCCCCCCCC(=O)[O-].[Sr+2]. The summed E-state index contributed by atoms with van der Waals surface area (Å²) < 4.78 is 0. The van der Waals surface area contributed by atoms with E-state index in [1.807, 2.05) is 0 Å². The van der Waals surface area contributed by atoms with E-state index in [4.69, 9.17) is 0 Å². The van der Waals surface area contributed by atoms with E-state index in [1.165, 1.54) is 128 Å². The maximum Gasteiger partial charge on any atom is 2.00 e. The first-order valence-electron chi connectivity index (χ1n) is 14.9. The first kappa shape index (κ1) is 39.9. The zero-order valence-electron chi connectivity index (χ0n) is 23.7. The van der Waals surface area contributed by atoms with Gasteiger partial charge >= 0.3 is 45.5 Å². The molecular weight excluding hydrogens is 512 g/mol. The predicted octanol–water partition coefficient (Wildman–Crippen LogP) is 7.27. The Hall–Kier alpha value is 0.421. The van der Waals surface area contributed by atoms with Crippen molar-refractivity contribution in [3.8, 4) is 0 Å². The molecule has 4 nitrogen and oxygen atoms in total. The van der Waals surface area contributed by atoms with Crippen LogP contribution < -0.4 is 10.2 Å². The van der Waals surface area contributed by atoms with Crippen molar-refractivity contribution >= 4 is 57.4 Å². The maximum atomic E-state index is 10.2. The molecule has 0 aromatic heterocycles. The van der Waals surface area contributed by atoms with Gasteiger partial charge < -0.3 is 19.8 Å². The van der Waals surface area contributed by atoms with Gasteiger partial charge in [0, 0.05) is 11.9 Å². The van der Waals surface area contributed by atoms with E-state index in [0.717, 1.165) is 25.7 Å². The van der Waals surface area contributed by atoms with Crippen LogP contribution in [0.25, 0.3) is 0 Å². The largest absolute Gasteiger partial charge is 2.00 e. The summed E-state index contributed by atoms with van der Waals surface area (Å²) in [6.07, 6.45) is 31.0. The minimum atomic E-state index is -0.905. The summed E-state index contributed by atoms with van der Waals surface area (Å²) in [5, 5.41) is 20.3. The number of carboxylic acids is 2. The van der Waals surface area contributed by atoms with Crippen molar-refractivity contribution in [2.75, 3.05) is 0 Å². The van der Waals surface area contributed by atoms with Crippen LogP contribution in [-0.4, -0.2) is 57.4 Å². The van der Waals surface area contributed by atoms with Crippen LogP contribution in [0, 0.1) is 0 Å². The maximum absolute atomic E-state index is 10.2. The van der Waals surface area contributed by atoms with Crippen LogP contribution in [0.15, 0.2) is 0 Å². The number of hydrogen-bond donors (Lipinski definition) is 0. The minimum absolute atomic E-state index is 0. The number of carbonyl (C=O) groups excluding carboxylic acids is 2. The van der Waals surface area contributed by atoms with E-state index < -0.39 is 11.9 Å². The van der Waals surface area contributed by atoms with Crippen molar-refractivity contribution in [3.05, 3.63) is 0 Å². The Kier molecular flexibility index (Phi) is 41.7.